The van der Waals surface area contributed by atoms with Crippen molar-refractivity contribution in [2.24, 2.45) is 0 Å². The van der Waals surface area contributed by atoms with E-state index in [2.05, 4.69) is 15.4 Å². The van der Waals surface area contributed by atoms with Gasteiger partial charge in [-0.05, 0) is 36.8 Å². The van der Waals surface area contributed by atoms with E-state index in [1.807, 2.05) is 37.3 Å². The van der Waals surface area contributed by atoms with Gasteiger partial charge in [-0.2, -0.15) is 5.10 Å². The van der Waals surface area contributed by atoms with Crippen LogP contribution in [0.1, 0.15) is 13.3 Å². The van der Waals surface area contributed by atoms with Gasteiger partial charge in [-0.3, -0.25) is 4.79 Å². The third-order valence-corrected chi connectivity index (χ3v) is 3.80. The van der Waals surface area contributed by atoms with Crippen LogP contribution in [0.4, 0.5) is 5.69 Å². The minimum absolute atomic E-state index is 0.255. The molecule has 0 saturated carbocycles. The van der Waals surface area contributed by atoms with Gasteiger partial charge in [0.1, 0.15) is 18.4 Å². The Labute approximate surface area is 150 Å². The second-order valence-corrected chi connectivity index (χ2v) is 5.76. The van der Waals surface area contributed by atoms with Crippen molar-refractivity contribution >= 4 is 23.2 Å². The molecule has 0 aliphatic carbocycles. The molecule has 0 radical (unpaired) electrons. The molecule has 0 saturated heterocycles. The Morgan fingerprint density at radius 2 is 2.08 bits per heavy atom. The predicted molar refractivity (Wildman–Crippen MR) is 96.1 cm³/mol. The van der Waals surface area contributed by atoms with Gasteiger partial charge in [0.2, 0.25) is 0 Å². The average Bonchev–Trinajstić information content (AvgIpc) is 3.15. The van der Waals surface area contributed by atoms with Crippen molar-refractivity contribution in [3.8, 4) is 11.4 Å². The second-order valence-electron chi connectivity index (χ2n) is 5.32. The molecule has 7 heteroatoms. The fourth-order valence-corrected chi connectivity index (χ4v) is 2.51. The maximum atomic E-state index is 12.7. The van der Waals surface area contributed by atoms with Crippen LogP contribution in [0.3, 0.4) is 0 Å². The first-order valence-corrected chi connectivity index (χ1v) is 8.22. The summed E-state index contributed by atoms with van der Waals surface area (Å²) in [6, 6.07) is 14.4. The highest BCUT2D eigenvalue weighted by Gasteiger charge is 2.20. The topological polar surface area (TPSA) is 69.0 Å². The smallest absolute Gasteiger partial charge is 0.265 e. The number of anilines is 1. The lowest BCUT2D eigenvalue weighted by Crippen LogP contribution is -2.32. The van der Waals surface area contributed by atoms with Crippen molar-refractivity contribution < 1.29 is 9.53 Å². The monoisotopic (exact) mass is 356 g/mol. The number of hydrogen-bond donors (Lipinski definition) is 1. The number of hydrogen-bond acceptors (Lipinski definition) is 4. The van der Waals surface area contributed by atoms with Crippen LogP contribution in [-0.4, -0.2) is 26.8 Å². The van der Waals surface area contributed by atoms with Crippen LogP contribution in [0.15, 0.2) is 61.2 Å². The van der Waals surface area contributed by atoms with Crippen molar-refractivity contribution in [3.05, 3.63) is 66.2 Å². The molecule has 1 N–H and O–H groups in total. The number of halogens is 1. The Bertz CT molecular complexity index is 838. The van der Waals surface area contributed by atoms with Gasteiger partial charge in [0, 0.05) is 5.02 Å². The summed E-state index contributed by atoms with van der Waals surface area (Å²) in [7, 11) is 0. The highest BCUT2D eigenvalue weighted by molar-refractivity contribution is 6.31. The molecule has 0 unspecified atom stereocenters. The number of ether oxygens (including phenoxy) is 1. The molecule has 1 aromatic heterocycles. The lowest BCUT2D eigenvalue weighted by molar-refractivity contribution is -0.122. The van der Waals surface area contributed by atoms with Gasteiger partial charge in [-0.1, -0.05) is 36.7 Å². The molecule has 0 fully saturated rings. The third kappa shape index (κ3) is 4.16. The number of amides is 1. The van der Waals surface area contributed by atoms with E-state index in [9.17, 15) is 4.79 Å². The summed E-state index contributed by atoms with van der Waals surface area (Å²) in [5.74, 6) is 0.391. The Hall–Kier alpha value is -2.86. The summed E-state index contributed by atoms with van der Waals surface area (Å²) >= 11 is 6.08. The molecular formula is C18H17ClN4O2. The van der Waals surface area contributed by atoms with Crippen LogP contribution in [0.2, 0.25) is 5.02 Å². The Morgan fingerprint density at radius 1 is 1.28 bits per heavy atom. The quantitative estimate of drug-likeness (QED) is 0.730. The molecule has 1 amide bonds. The highest BCUT2D eigenvalue weighted by Crippen LogP contribution is 2.24. The van der Waals surface area contributed by atoms with Crippen molar-refractivity contribution in [1.29, 1.82) is 0 Å². The fourth-order valence-electron chi connectivity index (χ4n) is 2.34. The fraction of sp³-hybridized carbons (Fsp3) is 0.167. The number of nitrogens with zero attached hydrogens (tertiary/aromatic N) is 3. The number of rotatable bonds is 6. The van der Waals surface area contributed by atoms with Crippen molar-refractivity contribution in [2.45, 2.75) is 19.4 Å². The van der Waals surface area contributed by atoms with E-state index < -0.39 is 6.10 Å². The largest absolute Gasteiger partial charge is 0.481 e. The van der Waals surface area contributed by atoms with Crippen LogP contribution in [0.5, 0.6) is 5.75 Å². The van der Waals surface area contributed by atoms with Gasteiger partial charge in [0.05, 0.1) is 11.4 Å². The third-order valence-electron chi connectivity index (χ3n) is 3.57. The Balaban J connectivity index is 1.81. The number of carbonyl (C=O) groups is 1. The molecule has 0 spiro atoms. The maximum Gasteiger partial charge on any atom is 0.265 e. The van der Waals surface area contributed by atoms with E-state index in [0.29, 0.717) is 28.6 Å². The molecule has 0 bridgehead atoms. The van der Waals surface area contributed by atoms with Crippen molar-refractivity contribution in [2.75, 3.05) is 5.32 Å². The maximum absolute atomic E-state index is 12.7. The van der Waals surface area contributed by atoms with Crippen molar-refractivity contribution in [1.82, 2.24) is 14.8 Å². The van der Waals surface area contributed by atoms with Crippen LogP contribution < -0.4 is 10.1 Å². The molecule has 3 aromatic rings. The van der Waals surface area contributed by atoms with E-state index in [1.165, 1.54) is 6.33 Å². The van der Waals surface area contributed by atoms with Gasteiger partial charge in [0.15, 0.2) is 6.10 Å². The number of aromatic nitrogens is 3. The molecule has 1 atom stereocenters. The van der Waals surface area contributed by atoms with Crippen LogP contribution >= 0.6 is 11.6 Å². The predicted octanol–water partition coefficient (Wildman–Crippen LogP) is 3.72. The lowest BCUT2D eigenvalue weighted by Gasteiger charge is -2.18. The van der Waals surface area contributed by atoms with E-state index in [4.69, 9.17) is 16.3 Å². The number of benzene rings is 2. The number of para-hydroxylation sites is 1. The molecule has 3 rings (SSSR count). The Morgan fingerprint density at radius 3 is 2.76 bits per heavy atom. The number of carbonyl (C=O) groups excluding carboxylic acids is 1. The first kappa shape index (κ1) is 17.0. The molecule has 6 nitrogen and oxygen atoms in total. The molecule has 128 valence electrons. The molecule has 1 heterocycles. The average molecular weight is 357 g/mol. The van der Waals surface area contributed by atoms with Gasteiger partial charge >= 0.3 is 0 Å². The summed E-state index contributed by atoms with van der Waals surface area (Å²) in [4.78, 5) is 16.6. The van der Waals surface area contributed by atoms with E-state index in [0.717, 1.165) is 0 Å². The molecule has 25 heavy (non-hydrogen) atoms. The van der Waals surface area contributed by atoms with Gasteiger partial charge in [-0.15, -0.1) is 0 Å². The first-order chi connectivity index (χ1) is 12.2. The van der Waals surface area contributed by atoms with Gasteiger partial charge in [0.25, 0.3) is 5.91 Å². The standard InChI is InChI=1S/C18H17ClN4O2/c1-2-17(25-14-6-4-3-5-7-14)18(24)22-15-10-13(19)8-9-16(15)23-12-20-11-21-23/h3-12,17H,2H2,1H3,(H,22,24)/t17-/m1/s1. The Kier molecular flexibility index (Phi) is 5.30. The molecular weight excluding hydrogens is 340 g/mol. The molecule has 2 aromatic carbocycles. The normalized spacial score (nSPS) is 11.8. The van der Waals surface area contributed by atoms with Gasteiger partial charge in [-0.25, -0.2) is 9.67 Å². The first-order valence-electron chi connectivity index (χ1n) is 7.84. The summed E-state index contributed by atoms with van der Waals surface area (Å²) in [5, 5.41) is 7.48. The van der Waals surface area contributed by atoms with E-state index in [1.54, 1.807) is 29.2 Å². The zero-order valence-corrected chi connectivity index (χ0v) is 14.3. The van der Waals surface area contributed by atoms with Crippen LogP contribution in [-0.2, 0) is 4.79 Å². The summed E-state index contributed by atoms with van der Waals surface area (Å²) in [6.45, 7) is 1.89. The van der Waals surface area contributed by atoms with Crippen molar-refractivity contribution in [3.63, 3.8) is 0 Å². The second kappa shape index (κ2) is 7.81. The number of nitrogens with one attached hydrogen (secondary N) is 1. The van der Waals surface area contributed by atoms with Gasteiger partial charge < -0.3 is 10.1 Å². The zero-order valence-electron chi connectivity index (χ0n) is 13.6. The van der Waals surface area contributed by atoms with E-state index in [-0.39, 0.29) is 5.91 Å². The minimum Gasteiger partial charge on any atom is -0.481 e. The SMILES string of the molecule is CC[C@@H](Oc1ccccc1)C(=O)Nc1cc(Cl)ccc1-n1cncn1. The molecule has 0 aliphatic heterocycles. The van der Waals surface area contributed by atoms with E-state index >= 15 is 0 Å². The summed E-state index contributed by atoms with van der Waals surface area (Å²) < 4.78 is 7.34. The van der Waals surface area contributed by atoms with Crippen LogP contribution in [0.25, 0.3) is 5.69 Å². The summed E-state index contributed by atoms with van der Waals surface area (Å²) in [6.07, 6.45) is 2.88. The summed E-state index contributed by atoms with van der Waals surface area (Å²) in [5.41, 5.74) is 1.21. The minimum atomic E-state index is -0.620. The van der Waals surface area contributed by atoms with Crippen LogP contribution in [0, 0.1) is 0 Å². The molecule has 0 aliphatic rings. The zero-order chi connectivity index (χ0) is 17.6. The highest BCUT2D eigenvalue weighted by atomic mass is 35.5. The lowest BCUT2D eigenvalue weighted by atomic mass is 10.2.